The summed E-state index contributed by atoms with van der Waals surface area (Å²) in [5.41, 5.74) is 1.27. The first-order valence-electron chi connectivity index (χ1n) is 12.6. The van der Waals surface area contributed by atoms with Gasteiger partial charge in [-0.3, -0.25) is 14.6 Å². The number of halogens is 1. The lowest BCUT2D eigenvalue weighted by atomic mass is 9.51. The molecule has 0 saturated heterocycles. The van der Waals surface area contributed by atoms with Crippen molar-refractivity contribution in [1.29, 1.82) is 0 Å². The van der Waals surface area contributed by atoms with E-state index in [-0.39, 0.29) is 46.9 Å². The summed E-state index contributed by atoms with van der Waals surface area (Å²) in [7, 11) is 0. The minimum Gasteiger partial charge on any atom is -0.392 e. The number of hydrogen-bond donors (Lipinski definition) is 3. The Morgan fingerprint density at radius 2 is 1.89 bits per heavy atom. The van der Waals surface area contributed by atoms with Gasteiger partial charge in [-0.2, -0.15) is 0 Å². The highest BCUT2D eigenvalue weighted by Gasteiger charge is 2.53. The number of pyridine rings is 1. The van der Waals surface area contributed by atoms with E-state index in [1.54, 1.807) is 24.4 Å². The third-order valence-electron chi connectivity index (χ3n) is 8.57. The summed E-state index contributed by atoms with van der Waals surface area (Å²) in [5.74, 6) is -0.624. The number of hydrogen-bond acceptors (Lipinski definition) is 4. The van der Waals surface area contributed by atoms with Crippen molar-refractivity contribution in [3.05, 3.63) is 64.9 Å². The minimum absolute atomic E-state index is 0.00264. The molecule has 0 aliphatic heterocycles. The lowest BCUT2D eigenvalue weighted by molar-refractivity contribution is -0.142. The highest BCUT2D eigenvalue weighted by atomic mass is 35.5. The Hall–Kier alpha value is -2.44. The van der Waals surface area contributed by atoms with E-state index in [0.717, 1.165) is 31.2 Å². The highest BCUT2D eigenvalue weighted by molar-refractivity contribution is 6.31. The third kappa shape index (κ3) is 5.39. The monoisotopic (exact) mass is 497 g/mol. The molecule has 2 amide bonds. The molecule has 1 aromatic carbocycles. The van der Waals surface area contributed by atoms with Crippen molar-refractivity contribution >= 4 is 23.4 Å². The maximum absolute atomic E-state index is 13.0. The molecule has 2 saturated carbocycles. The van der Waals surface area contributed by atoms with E-state index in [2.05, 4.69) is 29.5 Å². The van der Waals surface area contributed by atoms with E-state index in [1.165, 1.54) is 0 Å². The van der Waals surface area contributed by atoms with Crippen LogP contribution in [0.4, 0.5) is 0 Å². The van der Waals surface area contributed by atoms with Crippen LogP contribution in [0.1, 0.15) is 62.5 Å². The van der Waals surface area contributed by atoms with Crippen molar-refractivity contribution in [2.24, 2.45) is 29.1 Å². The zero-order chi connectivity index (χ0) is 25.2. The highest BCUT2D eigenvalue weighted by Crippen LogP contribution is 2.55. The molecular weight excluding hydrogens is 462 g/mol. The average Bonchev–Trinajstić information content (AvgIpc) is 2.85. The van der Waals surface area contributed by atoms with Crippen molar-refractivity contribution in [2.45, 2.75) is 65.1 Å². The van der Waals surface area contributed by atoms with E-state index < -0.39 is 6.10 Å². The second-order valence-corrected chi connectivity index (χ2v) is 11.1. The molecule has 2 aliphatic carbocycles. The standard InChI is InChI=1S/C28H36ClN3O3/c1-17(26(34)31-16-19-8-4-5-9-21(19)29)20-11-13-28(3)14-12-22(18(2)24(28)25(20)33)32-27(35)23-10-6-7-15-30-23/h4-10,15,17-18,20,22,24-25,33H,11-14,16H2,1-3H3,(H,31,34)(H,32,35). The fourth-order valence-corrected chi connectivity index (χ4v) is 6.62. The first-order chi connectivity index (χ1) is 16.7. The lowest BCUT2D eigenvalue weighted by Crippen LogP contribution is -2.58. The number of nitrogens with zero attached hydrogens (tertiary/aromatic N) is 1. The zero-order valence-corrected chi connectivity index (χ0v) is 21.5. The van der Waals surface area contributed by atoms with Crippen LogP contribution >= 0.6 is 11.6 Å². The maximum Gasteiger partial charge on any atom is 0.270 e. The van der Waals surface area contributed by atoms with Crippen LogP contribution in [0, 0.1) is 29.1 Å². The van der Waals surface area contributed by atoms with Gasteiger partial charge in [0.05, 0.1) is 6.10 Å². The number of rotatable bonds is 6. The van der Waals surface area contributed by atoms with Gasteiger partial charge in [-0.05, 0) is 72.6 Å². The van der Waals surface area contributed by atoms with Crippen LogP contribution < -0.4 is 10.6 Å². The zero-order valence-electron chi connectivity index (χ0n) is 20.7. The molecule has 0 radical (unpaired) electrons. The Labute approximate surface area is 212 Å². The molecule has 188 valence electrons. The van der Waals surface area contributed by atoms with Gasteiger partial charge < -0.3 is 15.7 Å². The summed E-state index contributed by atoms with van der Waals surface area (Å²) in [6.07, 6.45) is 4.59. The number of carbonyl (C=O) groups is 2. The summed E-state index contributed by atoms with van der Waals surface area (Å²) in [5, 5.41) is 18.4. The fraction of sp³-hybridized carbons (Fsp3) is 0.536. The van der Waals surface area contributed by atoms with E-state index in [1.807, 2.05) is 31.2 Å². The van der Waals surface area contributed by atoms with Crippen molar-refractivity contribution in [3.63, 3.8) is 0 Å². The van der Waals surface area contributed by atoms with Gasteiger partial charge in [0.1, 0.15) is 5.69 Å². The van der Waals surface area contributed by atoms with Crippen LogP contribution in [-0.4, -0.2) is 34.1 Å². The molecule has 7 heteroatoms. The first-order valence-corrected chi connectivity index (χ1v) is 13.0. The molecule has 0 bridgehead atoms. The molecule has 1 heterocycles. The SMILES string of the molecule is CC(C(=O)NCc1ccccc1Cl)C1CCC2(C)CCC(NC(=O)c3ccccn3)C(C)C2C1O. The van der Waals surface area contributed by atoms with Gasteiger partial charge in [0.15, 0.2) is 0 Å². The smallest absolute Gasteiger partial charge is 0.270 e. The number of carbonyl (C=O) groups excluding carboxylic acids is 2. The van der Waals surface area contributed by atoms with E-state index in [4.69, 9.17) is 11.6 Å². The second-order valence-electron chi connectivity index (χ2n) is 10.7. The number of aliphatic hydroxyl groups excluding tert-OH is 1. The fourth-order valence-electron chi connectivity index (χ4n) is 6.42. The Bertz CT molecular complexity index is 1050. The van der Waals surface area contributed by atoms with Gasteiger partial charge in [0.25, 0.3) is 5.91 Å². The van der Waals surface area contributed by atoms with E-state index >= 15 is 0 Å². The Morgan fingerprint density at radius 1 is 1.17 bits per heavy atom. The van der Waals surface area contributed by atoms with Crippen LogP contribution in [0.15, 0.2) is 48.7 Å². The molecule has 6 nitrogen and oxygen atoms in total. The van der Waals surface area contributed by atoms with Crippen molar-refractivity contribution in [1.82, 2.24) is 15.6 Å². The van der Waals surface area contributed by atoms with Crippen molar-refractivity contribution in [2.75, 3.05) is 0 Å². The molecule has 35 heavy (non-hydrogen) atoms. The number of nitrogens with one attached hydrogen (secondary N) is 2. The van der Waals surface area contributed by atoms with Gasteiger partial charge >= 0.3 is 0 Å². The predicted octanol–water partition coefficient (Wildman–Crippen LogP) is 4.61. The molecule has 7 unspecified atom stereocenters. The largest absolute Gasteiger partial charge is 0.392 e. The van der Waals surface area contributed by atoms with Gasteiger partial charge in [-0.25, -0.2) is 0 Å². The number of aromatic nitrogens is 1. The number of aliphatic hydroxyl groups is 1. The first kappa shape index (κ1) is 25.6. The quantitative estimate of drug-likeness (QED) is 0.543. The van der Waals surface area contributed by atoms with Gasteiger partial charge in [0.2, 0.25) is 5.91 Å². The van der Waals surface area contributed by atoms with Crippen LogP contribution in [0.3, 0.4) is 0 Å². The summed E-state index contributed by atoms with van der Waals surface area (Å²) < 4.78 is 0. The molecule has 2 aliphatic rings. The summed E-state index contributed by atoms with van der Waals surface area (Å²) in [6, 6.07) is 12.7. The predicted molar refractivity (Wildman–Crippen MR) is 137 cm³/mol. The summed E-state index contributed by atoms with van der Waals surface area (Å²) in [4.78, 5) is 30.0. The second kappa shape index (κ2) is 10.7. The van der Waals surface area contributed by atoms with Crippen LogP contribution in [0.5, 0.6) is 0 Å². The van der Waals surface area contributed by atoms with Gasteiger partial charge in [-0.1, -0.05) is 56.6 Å². The molecule has 1 aromatic heterocycles. The molecule has 7 atom stereocenters. The summed E-state index contributed by atoms with van der Waals surface area (Å²) in [6.45, 7) is 6.66. The number of amides is 2. The molecule has 2 aromatic rings. The Balaban J connectivity index is 1.43. The number of fused-ring (bicyclic) bond motifs is 1. The normalized spacial score (nSPS) is 31.2. The topological polar surface area (TPSA) is 91.3 Å². The van der Waals surface area contributed by atoms with Crippen LogP contribution in [0.2, 0.25) is 5.02 Å². The summed E-state index contributed by atoms with van der Waals surface area (Å²) >= 11 is 6.23. The maximum atomic E-state index is 13.0. The molecule has 4 rings (SSSR count). The third-order valence-corrected chi connectivity index (χ3v) is 8.94. The number of benzene rings is 1. The van der Waals surface area contributed by atoms with E-state index in [9.17, 15) is 14.7 Å². The van der Waals surface area contributed by atoms with Gasteiger partial charge in [0, 0.05) is 29.7 Å². The van der Waals surface area contributed by atoms with Crippen molar-refractivity contribution in [3.8, 4) is 0 Å². The van der Waals surface area contributed by atoms with Crippen LogP contribution in [-0.2, 0) is 11.3 Å². The van der Waals surface area contributed by atoms with Crippen LogP contribution in [0.25, 0.3) is 0 Å². The van der Waals surface area contributed by atoms with Gasteiger partial charge in [-0.15, -0.1) is 0 Å². The Kier molecular flexibility index (Phi) is 7.82. The molecular formula is C28H36ClN3O3. The minimum atomic E-state index is -0.612. The Morgan fingerprint density at radius 3 is 2.60 bits per heavy atom. The van der Waals surface area contributed by atoms with Crippen molar-refractivity contribution < 1.29 is 14.7 Å². The lowest BCUT2D eigenvalue weighted by Gasteiger charge is -2.56. The molecule has 2 fully saturated rings. The average molecular weight is 498 g/mol. The molecule has 0 spiro atoms. The van der Waals surface area contributed by atoms with E-state index in [0.29, 0.717) is 17.3 Å². The molecule has 3 N–H and O–H groups in total.